The van der Waals surface area contributed by atoms with Crippen LogP contribution >= 0.6 is 11.8 Å². The van der Waals surface area contributed by atoms with Gasteiger partial charge in [0, 0.05) is 18.3 Å². The van der Waals surface area contributed by atoms with E-state index in [2.05, 4.69) is 24.2 Å². The van der Waals surface area contributed by atoms with Gasteiger partial charge in [-0.25, -0.2) is 0 Å². The minimum absolute atomic E-state index is 0.660. The highest BCUT2D eigenvalue weighted by atomic mass is 32.2. The molecule has 1 fully saturated rings. The van der Waals surface area contributed by atoms with Crippen molar-refractivity contribution in [2.24, 2.45) is 4.99 Å². The SMILES string of the molecule is CCCCCCCCN=C1NC(CC)CS1. The molecule has 1 atom stereocenters. The van der Waals surface area contributed by atoms with Gasteiger partial charge in [0.1, 0.15) is 0 Å². The third-order valence-electron chi connectivity index (χ3n) is 3.01. The number of amidine groups is 1. The van der Waals surface area contributed by atoms with Gasteiger partial charge < -0.3 is 5.32 Å². The fourth-order valence-corrected chi connectivity index (χ4v) is 2.93. The number of hydrogen-bond donors (Lipinski definition) is 1. The Labute approximate surface area is 105 Å². The van der Waals surface area contributed by atoms with Crippen molar-refractivity contribution in [2.45, 2.75) is 64.8 Å². The quantitative estimate of drug-likeness (QED) is 0.654. The van der Waals surface area contributed by atoms with E-state index in [0.717, 1.165) is 6.54 Å². The molecule has 0 aromatic carbocycles. The first kappa shape index (κ1) is 13.9. The molecule has 0 aliphatic carbocycles. The van der Waals surface area contributed by atoms with E-state index in [1.807, 2.05) is 11.8 Å². The molecule has 0 bridgehead atoms. The van der Waals surface area contributed by atoms with E-state index in [4.69, 9.17) is 0 Å². The van der Waals surface area contributed by atoms with Crippen LogP contribution in [0.5, 0.6) is 0 Å². The van der Waals surface area contributed by atoms with Crippen molar-refractivity contribution in [1.29, 1.82) is 0 Å². The Hall–Kier alpha value is -0.180. The van der Waals surface area contributed by atoms with Gasteiger partial charge in [-0.3, -0.25) is 4.99 Å². The first-order valence-electron chi connectivity index (χ1n) is 6.80. The summed E-state index contributed by atoms with van der Waals surface area (Å²) in [6, 6.07) is 0.660. The summed E-state index contributed by atoms with van der Waals surface area (Å²) in [5.41, 5.74) is 0. The topological polar surface area (TPSA) is 24.4 Å². The Morgan fingerprint density at radius 2 is 1.94 bits per heavy atom. The van der Waals surface area contributed by atoms with Gasteiger partial charge in [0.05, 0.1) is 0 Å². The monoisotopic (exact) mass is 242 g/mol. The minimum atomic E-state index is 0.660. The third-order valence-corrected chi connectivity index (χ3v) is 4.10. The summed E-state index contributed by atoms with van der Waals surface area (Å²) < 4.78 is 0. The standard InChI is InChI=1S/C13H26N2S/c1-3-5-6-7-8-9-10-14-13-15-12(4-2)11-16-13/h12H,3-11H2,1-2H3,(H,14,15). The van der Waals surface area contributed by atoms with E-state index in [1.165, 1.54) is 55.9 Å². The summed E-state index contributed by atoms with van der Waals surface area (Å²) in [6.45, 7) is 5.51. The van der Waals surface area contributed by atoms with Crippen molar-refractivity contribution in [3.05, 3.63) is 0 Å². The molecule has 1 aliphatic rings. The number of hydrogen-bond acceptors (Lipinski definition) is 2. The maximum atomic E-state index is 4.61. The molecule has 0 spiro atoms. The van der Waals surface area contributed by atoms with Crippen molar-refractivity contribution in [3.63, 3.8) is 0 Å². The lowest BCUT2D eigenvalue weighted by Gasteiger charge is -2.04. The van der Waals surface area contributed by atoms with Crippen LogP contribution in [0.2, 0.25) is 0 Å². The van der Waals surface area contributed by atoms with Gasteiger partial charge in [-0.1, -0.05) is 57.7 Å². The zero-order valence-electron chi connectivity index (χ0n) is 10.8. The Bertz CT molecular complexity index is 204. The molecule has 16 heavy (non-hydrogen) atoms. The molecule has 3 heteroatoms. The van der Waals surface area contributed by atoms with E-state index in [9.17, 15) is 0 Å². The molecular weight excluding hydrogens is 216 g/mol. The van der Waals surface area contributed by atoms with E-state index in [1.54, 1.807) is 0 Å². The van der Waals surface area contributed by atoms with E-state index in [0.29, 0.717) is 6.04 Å². The second-order valence-corrected chi connectivity index (χ2v) is 5.52. The fourth-order valence-electron chi connectivity index (χ4n) is 1.82. The highest BCUT2D eigenvalue weighted by molar-refractivity contribution is 8.14. The van der Waals surface area contributed by atoms with Crippen LogP contribution in [-0.2, 0) is 0 Å². The van der Waals surface area contributed by atoms with Gasteiger partial charge in [0.25, 0.3) is 0 Å². The van der Waals surface area contributed by atoms with Crippen LogP contribution in [-0.4, -0.2) is 23.5 Å². The smallest absolute Gasteiger partial charge is 0.156 e. The summed E-state index contributed by atoms with van der Waals surface area (Å²) >= 11 is 1.89. The molecule has 1 N–H and O–H groups in total. The Kier molecular flexibility index (Phi) is 7.73. The van der Waals surface area contributed by atoms with Crippen LogP contribution in [0.4, 0.5) is 0 Å². The molecule has 0 aromatic heterocycles. The molecule has 2 nitrogen and oxygen atoms in total. The van der Waals surface area contributed by atoms with Gasteiger partial charge >= 0.3 is 0 Å². The molecule has 94 valence electrons. The molecule has 0 radical (unpaired) electrons. The summed E-state index contributed by atoms with van der Waals surface area (Å²) in [5, 5.41) is 4.65. The van der Waals surface area contributed by atoms with Crippen LogP contribution in [0, 0.1) is 0 Å². The van der Waals surface area contributed by atoms with E-state index < -0.39 is 0 Å². The zero-order valence-corrected chi connectivity index (χ0v) is 11.6. The van der Waals surface area contributed by atoms with Gasteiger partial charge in [0.15, 0.2) is 5.17 Å². The van der Waals surface area contributed by atoms with Gasteiger partial charge in [-0.15, -0.1) is 0 Å². The molecule has 1 rings (SSSR count). The van der Waals surface area contributed by atoms with Crippen molar-refractivity contribution < 1.29 is 0 Å². The zero-order chi connectivity index (χ0) is 11.6. The average molecular weight is 242 g/mol. The van der Waals surface area contributed by atoms with Crippen LogP contribution in [0.15, 0.2) is 4.99 Å². The number of thioether (sulfide) groups is 1. The van der Waals surface area contributed by atoms with Gasteiger partial charge in [-0.05, 0) is 12.8 Å². The van der Waals surface area contributed by atoms with Crippen LogP contribution in [0.1, 0.15) is 58.8 Å². The Balaban J connectivity index is 1.96. The Morgan fingerprint density at radius 1 is 1.19 bits per heavy atom. The normalized spacial score (nSPS) is 22.6. The van der Waals surface area contributed by atoms with E-state index in [-0.39, 0.29) is 0 Å². The van der Waals surface area contributed by atoms with E-state index >= 15 is 0 Å². The minimum Gasteiger partial charge on any atom is -0.361 e. The molecular formula is C13H26N2S. The van der Waals surface area contributed by atoms with Crippen molar-refractivity contribution >= 4 is 16.9 Å². The van der Waals surface area contributed by atoms with Crippen LogP contribution in [0.3, 0.4) is 0 Å². The summed E-state index contributed by atoms with van der Waals surface area (Å²) in [6.07, 6.45) is 9.33. The highest BCUT2D eigenvalue weighted by Crippen LogP contribution is 2.15. The maximum Gasteiger partial charge on any atom is 0.156 e. The lowest BCUT2D eigenvalue weighted by Crippen LogP contribution is -2.25. The number of nitrogens with zero attached hydrogens (tertiary/aromatic N) is 1. The summed E-state index contributed by atoms with van der Waals surface area (Å²) in [5.74, 6) is 1.20. The van der Waals surface area contributed by atoms with Gasteiger partial charge in [-0.2, -0.15) is 0 Å². The lowest BCUT2D eigenvalue weighted by atomic mass is 10.1. The summed E-state index contributed by atoms with van der Waals surface area (Å²) in [4.78, 5) is 4.61. The summed E-state index contributed by atoms with van der Waals surface area (Å²) in [7, 11) is 0. The highest BCUT2D eigenvalue weighted by Gasteiger charge is 2.17. The lowest BCUT2D eigenvalue weighted by molar-refractivity contribution is 0.611. The molecule has 1 heterocycles. The molecule has 1 unspecified atom stereocenters. The van der Waals surface area contributed by atoms with Crippen molar-refractivity contribution in [3.8, 4) is 0 Å². The number of rotatable bonds is 8. The van der Waals surface area contributed by atoms with Crippen LogP contribution < -0.4 is 5.32 Å². The van der Waals surface area contributed by atoms with Crippen molar-refractivity contribution in [2.75, 3.05) is 12.3 Å². The second kappa shape index (κ2) is 8.91. The first-order valence-corrected chi connectivity index (χ1v) is 7.79. The fraction of sp³-hybridized carbons (Fsp3) is 0.923. The molecule has 1 saturated heterocycles. The number of nitrogens with one attached hydrogen (secondary N) is 1. The second-order valence-electron chi connectivity index (χ2n) is 4.52. The van der Waals surface area contributed by atoms with Crippen LogP contribution in [0.25, 0.3) is 0 Å². The van der Waals surface area contributed by atoms with Gasteiger partial charge in [0.2, 0.25) is 0 Å². The number of aliphatic imine (C=N–C) groups is 1. The Morgan fingerprint density at radius 3 is 2.62 bits per heavy atom. The maximum absolute atomic E-state index is 4.61. The largest absolute Gasteiger partial charge is 0.361 e. The molecule has 1 aliphatic heterocycles. The average Bonchev–Trinajstić information content (AvgIpc) is 2.76. The molecule has 0 saturated carbocycles. The first-order chi connectivity index (χ1) is 7.86. The number of unbranched alkanes of at least 4 members (excludes halogenated alkanes) is 5. The predicted molar refractivity (Wildman–Crippen MR) is 75.4 cm³/mol. The molecule has 0 amide bonds. The van der Waals surface area contributed by atoms with Crippen molar-refractivity contribution in [1.82, 2.24) is 5.32 Å². The third kappa shape index (κ3) is 5.78. The molecule has 0 aromatic rings. The predicted octanol–water partition coefficient (Wildman–Crippen LogP) is 3.82.